The van der Waals surface area contributed by atoms with Crippen molar-refractivity contribution in [3.05, 3.63) is 35.9 Å². The normalized spacial score (nSPS) is 23.7. The van der Waals surface area contributed by atoms with Gasteiger partial charge < -0.3 is 20.1 Å². The Labute approximate surface area is 180 Å². The van der Waals surface area contributed by atoms with Gasteiger partial charge in [-0.25, -0.2) is 0 Å². The molecule has 1 aromatic carbocycles. The largest absolute Gasteiger partial charge is 0.379 e. The van der Waals surface area contributed by atoms with Crippen LogP contribution in [-0.2, 0) is 9.47 Å². The molecule has 152 valence electrons. The molecule has 0 saturated carbocycles. The van der Waals surface area contributed by atoms with Crippen molar-refractivity contribution in [2.45, 2.75) is 19.4 Å². The number of ether oxygens (including phenoxy) is 2. The van der Waals surface area contributed by atoms with E-state index in [0.29, 0.717) is 5.92 Å². The molecule has 3 rings (SSSR count). The van der Waals surface area contributed by atoms with Gasteiger partial charge in [-0.1, -0.05) is 30.3 Å². The first kappa shape index (κ1) is 22.4. The lowest BCUT2D eigenvalue weighted by Gasteiger charge is -2.26. The molecule has 0 aromatic heterocycles. The Morgan fingerprint density at radius 1 is 1.15 bits per heavy atom. The highest BCUT2D eigenvalue weighted by molar-refractivity contribution is 14.0. The van der Waals surface area contributed by atoms with Crippen molar-refractivity contribution in [3.8, 4) is 0 Å². The van der Waals surface area contributed by atoms with Gasteiger partial charge in [0.15, 0.2) is 5.96 Å². The average molecular weight is 488 g/mol. The Bertz CT molecular complexity index is 552. The highest BCUT2D eigenvalue weighted by atomic mass is 127. The lowest BCUT2D eigenvalue weighted by atomic mass is 9.95. The van der Waals surface area contributed by atoms with Gasteiger partial charge in [-0.15, -0.1) is 24.0 Å². The smallest absolute Gasteiger partial charge is 0.191 e. The van der Waals surface area contributed by atoms with E-state index in [-0.39, 0.29) is 30.1 Å². The highest BCUT2D eigenvalue weighted by Gasteiger charge is 2.29. The number of guanidine groups is 1. The van der Waals surface area contributed by atoms with Gasteiger partial charge in [-0.3, -0.25) is 9.89 Å². The van der Waals surface area contributed by atoms with Gasteiger partial charge in [0, 0.05) is 51.8 Å². The van der Waals surface area contributed by atoms with Crippen LogP contribution in [0.3, 0.4) is 0 Å². The number of nitrogens with zero attached hydrogens (tertiary/aromatic N) is 2. The molecule has 0 amide bonds. The lowest BCUT2D eigenvalue weighted by Crippen LogP contribution is -2.44. The van der Waals surface area contributed by atoms with E-state index in [1.54, 1.807) is 0 Å². The molecule has 2 atom stereocenters. The quantitative estimate of drug-likeness (QED) is 0.351. The van der Waals surface area contributed by atoms with Gasteiger partial charge in [-0.2, -0.15) is 0 Å². The predicted molar refractivity (Wildman–Crippen MR) is 120 cm³/mol. The zero-order valence-electron chi connectivity index (χ0n) is 16.2. The highest BCUT2D eigenvalue weighted by Crippen LogP contribution is 2.34. The van der Waals surface area contributed by atoms with E-state index in [1.165, 1.54) is 5.56 Å². The summed E-state index contributed by atoms with van der Waals surface area (Å²) in [5.74, 6) is 1.34. The van der Waals surface area contributed by atoms with E-state index in [1.807, 2.05) is 6.07 Å². The maximum Gasteiger partial charge on any atom is 0.191 e. The number of hydrogen-bond acceptors (Lipinski definition) is 4. The Kier molecular flexibility index (Phi) is 10.4. The van der Waals surface area contributed by atoms with Crippen LogP contribution in [0.5, 0.6) is 0 Å². The first-order valence-electron chi connectivity index (χ1n) is 9.85. The molecular weight excluding hydrogens is 455 g/mol. The van der Waals surface area contributed by atoms with E-state index in [9.17, 15) is 0 Å². The summed E-state index contributed by atoms with van der Waals surface area (Å²) in [6, 6.07) is 10.5. The Hall–Kier alpha value is -0.900. The molecule has 0 spiro atoms. The summed E-state index contributed by atoms with van der Waals surface area (Å²) >= 11 is 0. The van der Waals surface area contributed by atoms with E-state index in [2.05, 4.69) is 46.7 Å². The molecule has 0 radical (unpaired) electrons. The van der Waals surface area contributed by atoms with Crippen LogP contribution in [-0.4, -0.2) is 69.9 Å². The number of morpholine rings is 1. The minimum Gasteiger partial charge on any atom is -0.379 e. The molecule has 6 nitrogen and oxygen atoms in total. The molecule has 2 fully saturated rings. The summed E-state index contributed by atoms with van der Waals surface area (Å²) in [6.07, 6.45) is 1.23. The van der Waals surface area contributed by atoms with Crippen LogP contribution in [0.4, 0.5) is 0 Å². The van der Waals surface area contributed by atoms with Crippen LogP contribution in [0.2, 0.25) is 0 Å². The molecule has 7 heteroatoms. The monoisotopic (exact) mass is 488 g/mol. The third-order valence-corrected chi connectivity index (χ3v) is 4.99. The zero-order chi connectivity index (χ0) is 18.0. The van der Waals surface area contributed by atoms with Crippen LogP contribution in [0.1, 0.15) is 25.0 Å². The van der Waals surface area contributed by atoms with Crippen molar-refractivity contribution in [1.82, 2.24) is 15.5 Å². The van der Waals surface area contributed by atoms with E-state index < -0.39 is 0 Å². The molecule has 0 aliphatic carbocycles. The minimum atomic E-state index is 0. The van der Waals surface area contributed by atoms with Crippen LogP contribution in [0, 0.1) is 5.92 Å². The number of halogens is 1. The fraction of sp³-hybridized carbons (Fsp3) is 0.650. The SMILES string of the molecule is CCNC(=NCC1CCOC1c1ccccc1)NCCN1CCOCC1.I. The van der Waals surface area contributed by atoms with Crippen LogP contribution in [0.25, 0.3) is 0 Å². The standard InChI is InChI=1S/C20H32N4O2.HI/c1-2-21-20(22-9-10-24-11-14-25-15-12-24)23-16-18-8-13-26-19(18)17-6-4-3-5-7-17;/h3-7,18-19H,2,8-16H2,1H3,(H2,21,22,23);1H. The van der Waals surface area contributed by atoms with E-state index in [4.69, 9.17) is 14.5 Å². The Morgan fingerprint density at radius 3 is 2.67 bits per heavy atom. The predicted octanol–water partition coefficient (Wildman–Crippen LogP) is 2.27. The van der Waals surface area contributed by atoms with Crippen LogP contribution >= 0.6 is 24.0 Å². The molecule has 2 aliphatic rings. The molecule has 27 heavy (non-hydrogen) atoms. The number of nitrogens with one attached hydrogen (secondary N) is 2. The maximum atomic E-state index is 5.98. The first-order chi connectivity index (χ1) is 12.9. The van der Waals surface area contributed by atoms with Crippen molar-refractivity contribution in [2.24, 2.45) is 10.9 Å². The second-order valence-corrected chi connectivity index (χ2v) is 6.85. The Balaban J connectivity index is 0.00000261. The van der Waals surface area contributed by atoms with Crippen molar-refractivity contribution in [1.29, 1.82) is 0 Å². The van der Waals surface area contributed by atoms with Gasteiger partial charge >= 0.3 is 0 Å². The number of aliphatic imine (C=N–C) groups is 1. The minimum absolute atomic E-state index is 0. The summed E-state index contributed by atoms with van der Waals surface area (Å²) < 4.78 is 11.4. The van der Waals surface area contributed by atoms with Crippen LogP contribution < -0.4 is 10.6 Å². The Morgan fingerprint density at radius 2 is 1.93 bits per heavy atom. The fourth-order valence-electron chi connectivity index (χ4n) is 3.54. The molecule has 2 unspecified atom stereocenters. The third kappa shape index (κ3) is 7.21. The zero-order valence-corrected chi connectivity index (χ0v) is 18.6. The van der Waals surface area contributed by atoms with Gasteiger partial charge in [0.2, 0.25) is 0 Å². The molecular formula is C20H33IN4O2. The third-order valence-electron chi connectivity index (χ3n) is 4.99. The van der Waals surface area contributed by atoms with Crippen molar-refractivity contribution < 1.29 is 9.47 Å². The topological polar surface area (TPSA) is 58.1 Å². The van der Waals surface area contributed by atoms with E-state index >= 15 is 0 Å². The summed E-state index contributed by atoms with van der Waals surface area (Å²) in [5, 5.41) is 6.82. The number of hydrogen-bond donors (Lipinski definition) is 2. The summed E-state index contributed by atoms with van der Waals surface area (Å²) in [7, 11) is 0. The van der Waals surface area contributed by atoms with E-state index in [0.717, 1.165) is 71.5 Å². The summed E-state index contributed by atoms with van der Waals surface area (Å²) in [5.41, 5.74) is 1.26. The molecule has 0 bridgehead atoms. The van der Waals surface area contributed by atoms with Gasteiger partial charge in [0.05, 0.1) is 19.3 Å². The summed E-state index contributed by atoms with van der Waals surface area (Å²) in [4.78, 5) is 7.25. The molecule has 2 heterocycles. The second kappa shape index (κ2) is 12.5. The molecule has 2 aliphatic heterocycles. The van der Waals surface area contributed by atoms with Crippen molar-refractivity contribution in [3.63, 3.8) is 0 Å². The fourth-order valence-corrected chi connectivity index (χ4v) is 3.54. The summed E-state index contributed by atoms with van der Waals surface area (Å²) in [6.45, 7) is 10.2. The van der Waals surface area contributed by atoms with Crippen molar-refractivity contribution >= 4 is 29.9 Å². The van der Waals surface area contributed by atoms with Gasteiger partial charge in [-0.05, 0) is 18.9 Å². The van der Waals surface area contributed by atoms with Gasteiger partial charge in [0.1, 0.15) is 0 Å². The maximum absolute atomic E-state index is 5.98. The first-order valence-corrected chi connectivity index (χ1v) is 9.85. The number of rotatable bonds is 7. The average Bonchev–Trinajstić information content (AvgIpc) is 3.16. The molecule has 1 aromatic rings. The van der Waals surface area contributed by atoms with Gasteiger partial charge in [0.25, 0.3) is 0 Å². The van der Waals surface area contributed by atoms with Crippen LogP contribution in [0.15, 0.2) is 35.3 Å². The molecule has 2 saturated heterocycles. The molecule has 2 N–H and O–H groups in total. The number of benzene rings is 1. The lowest BCUT2D eigenvalue weighted by molar-refractivity contribution is 0.0389. The van der Waals surface area contributed by atoms with Crippen molar-refractivity contribution in [2.75, 3.05) is 59.1 Å². The second-order valence-electron chi connectivity index (χ2n) is 6.85.